The Kier molecular flexibility index (Phi) is 4.05. The van der Waals surface area contributed by atoms with Gasteiger partial charge in [-0.3, -0.25) is 0 Å². The van der Waals surface area contributed by atoms with Crippen LogP contribution in [0.25, 0.3) is 0 Å². The molecule has 0 radical (unpaired) electrons. The molecular weight excluding hydrogens is 295 g/mol. The summed E-state index contributed by atoms with van der Waals surface area (Å²) >= 11 is 17.9. The SMILES string of the molecule is Cc1nn(C)c(Oc2cc(Cl)ccc2Cl)c1CCl. The molecule has 2 aromatic rings. The van der Waals surface area contributed by atoms with Gasteiger partial charge in [-0.25, -0.2) is 4.68 Å². The topological polar surface area (TPSA) is 27.1 Å². The van der Waals surface area contributed by atoms with E-state index in [1.54, 1.807) is 29.9 Å². The van der Waals surface area contributed by atoms with Crippen LogP contribution in [-0.4, -0.2) is 9.78 Å². The summed E-state index contributed by atoms with van der Waals surface area (Å²) in [6.07, 6.45) is 0. The first kappa shape index (κ1) is 13.5. The highest BCUT2D eigenvalue weighted by atomic mass is 35.5. The first-order valence-electron chi connectivity index (χ1n) is 5.24. The molecule has 0 spiro atoms. The molecule has 2 rings (SSSR count). The molecule has 18 heavy (non-hydrogen) atoms. The van der Waals surface area contributed by atoms with E-state index in [4.69, 9.17) is 39.5 Å². The number of ether oxygens (including phenoxy) is 1. The van der Waals surface area contributed by atoms with Crippen LogP contribution in [0.1, 0.15) is 11.3 Å². The van der Waals surface area contributed by atoms with E-state index in [0.717, 1.165) is 11.3 Å². The summed E-state index contributed by atoms with van der Waals surface area (Å²) < 4.78 is 7.39. The number of hydrogen-bond acceptors (Lipinski definition) is 2. The highest BCUT2D eigenvalue weighted by Gasteiger charge is 2.15. The molecule has 0 aliphatic carbocycles. The monoisotopic (exact) mass is 304 g/mol. The van der Waals surface area contributed by atoms with E-state index < -0.39 is 0 Å². The molecule has 1 aromatic carbocycles. The van der Waals surface area contributed by atoms with Crippen LogP contribution in [0.2, 0.25) is 10.0 Å². The maximum Gasteiger partial charge on any atom is 0.222 e. The Bertz CT molecular complexity index is 581. The van der Waals surface area contributed by atoms with Gasteiger partial charge < -0.3 is 4.74 Å². The van der Waals surface area contributed by atoms with Crippen molar-refractivity contribution < 1.29 is 4.74 Å². The smallest absolute Gasteiger partial charge is 0.222 e. The van der Waals surface area contributed by atoms with Gasteiger partial charge in [-0.15, -0.1) is 11.6 Å². The molecule has 0 fully saturated rings. The zero-order valence-electron chi connectivity index (χ0n) is 9.88. The van der Waals surface area contributed by atoms with Crippen molar-refractivity contribution in [2.45, 2.75) is 12.8 Å². The highest BCUT2D eigenvalue weighted by molar-refractivity contribution is 6.34. The van der Waals surface area contributed by atoms with E-state index in [0.29, 0.717) is 27.6 Å². The molecule has 96 valence electrons. The minimum Gasteiger partial charge on any atom is -0.437 e. The normalized spacial score (nSPS) is 10.7. The Morgan fingerprint density at radius 2 is 2.06 bits per heavy atom. The molecule has 3 nitrogen and oxygen atoms in total. The summed E-state index contributed by atoms with van der Waals surface area (Å²) in [6.45, 7) is 1.88. The molecule has 0 bridgehead atoms. The summed E-state index contributed by atoms with van der Waals surface area (Å²) in [7, 11) is 1.79. The summed E-state index contributed by atoms with van der Waals surface area (Å²) in [6, 6.07) is 5.04. The van der Waals surface area contributed by atoms with Gasteiger partial charge in [0, 0.05) is 18.1 Å². The fourth-order valence-corrected chi connectivity index (χ4v) is 2.25. The quantitative estimate of drug-likeness (QED) is 0.777. The van der Waals surface area contributed by atoms with Crippen LogP contribution < -0.4 is 4.74 Å². The van der Waals surface area contributed by atoms with Crippen molar-refractivity contribution in [1.82, 2.24) is 9.78 Å². The van der Waals surface area contributed by atoms with Gasteiger partial charge in [0.1, 0.15) is 5.75 Å². The van der Waals surface area contributed by atoms with Crippen LogP contribution in [0.4, 0.5) is 0 Å². The number of halogens is 3. The molecule has 1 aromatic heterocycles. The maximum atomic E-state index is 6.05. The van der Waals surface area contributed by atoms with E-state index in [1.165, 1.54) is 0 Å². The number of aryl methyl sites for hydroxylation is 2. The first-order chi connectivity index (χ1) is 8.52. The first-order valence-corrected chi connectivity index (χ1v) is 6.53. The number of rotatable bonds is 3. The Balaban J connectivity index is 2.42. The number of hydrogen-bond donors (Lipinski definition) is 0. The molecule has 6 heteroatoms. The van der Waals surface area contributed by atoms with Crippen molar-refractivity contribution in [3.05, 3.63) is 39.5 Å². The maximum absolute atomic E-state index is 6.05. The van der Waals surface area contributed by atoms with Gasteiger partial charge in [-0.2, -0.15) is 5.10 Å². The lowest BCUT2D eigenvalue weighted by molar-refractivity contribution is 0.427. The average molecular weight is 306 g/mol. The van der Waals surface area contributed by atoms with Crippen LogP contribution in [0.15, 0.2) is 18.2 Å². The van der Waals surface area contributed by atoms with Crippen molar-refractivity contribution in [2.24, 2.45) is 7.05 Å². The molecule has 0 aliphatic heterocycles. The summed E-state index contributed by atoms with van der Waals surface area (Å²) in [5, 5.41) is 5.30. The van der Waals surface area contributed by atoms with E-state index in [1.807, 2.05) is 6.92 Å². The van der Waals surface area contributed by atoms with Gasteiger partial charge in [0.25, 0.3) is 0 Å². The van der Waals surface area contributed by atoms with Gasteiger partial charge in [0.2, 0.25) is 5.88 Å². The predicted octanol–water partition coefficient (Wildman–Crippen LogP) is 4.57. The second-order valence-corrected chi connectivity index (χ2v) is 4.91. The molecule has 0 N–H and O–H groups in total. The zero-order chi connectivity index (χ0) is 13.3. The van der Waals surface area contributed by atoms with Crippen LogP contribution in [0.3, 0.4) is 0 Å². The van der Waals surface area contributed by atoms with Crippen LogP contribution in [0.5, 0.6) is 11.6 Å². The van der Waals surface area contributed by atoms with E-state index >= 15 is 0 Å². The van der Waals surface area contributed by atoms with Gasteiger partial charge in [-0.1, -0.05) is 23.2 Å². The van der Waals surface area contributed by atoms with Crippen LogP contribution in [0, 0.1) is 6.92 Å². The molecule has 0 atom stereocenters. The molecule has 0 saturated carbocycles. The molecular formula is C12H11Cl3N2O. The second kappa shape index (κ2) is 5.39. The molecule has 1 heterocycles. The average Bonchev–Trinajstić information content (AvgIpc) is 2.58. The molecule has 0 amide bonds. The molecule has 0 unspecified atom stereocenters. The fourth-order valence-electron chi connectivity index (χ4n) is 1.62. The zero-order valence-corrected chi connectivity index (χ0v) is 12.1. The minimum absolute atomic E-state index is 0.327. The number of nitrogens with zero attached hydrogens (tertiary/aromatic N) is 2. The van der Waals surface area contributed by atoms with Crippen molar-refractivity contribution in [2.75, 3.05) is 0 Å². The lowest BCUT2D eigenvalue weighted by atomic mass is 10.3. The van der Waals surface area contributed by atoms with Gasteiger partial charge in [0.15, 0.2) is 0 Å². The van der Waals surface area contributed by atoms with Crippen molar-refractivity contribution >= 4 is 34.8 Å². The summed E-state index contributed by atoms with van der Waals surface area (Å²) in [5.74, 6) is 1.39. The third kappa shape index (κ3) is 2.58. The Labute approximate surface area is 120 Å². The Hall–Kier alpha value is -0.900. The second-order valence-electron chi connectivity index (χ2n) is 3.80. The van der Waals surface area contributed by atoms with Crippen LogP contribution in [-0.2, 0) is 12.9 Å². The molecule has 0 aliphatic rings. The fraction of sp³-hybridized carbons (Fsp3) is 0.250. The number of alkyl halides is 1. The van der Waals surface area contributed by atoms with Gasteiger partial charge >= 0.3 is 0 Å². The van der Waals surface area contributed by atoms with E-state index in [9.17, 15) is 0 Å². The third-order valence-electron chi connectivity index (χ3n) is 2.52. The van der Waals surface area contributed by atoms with Crippen molar-refractivity contribution in [3.63, 3.8) is 0 Å². The Morgan fingerprint density at radius 3 is 2.72 bits per heavy atom. The minimum atomic E-state index is 0.327. The van der Waals surface area contributed by atoms with Gasteiger partial charge in [0.05, 0.1) is 22.2 Å². The Morgan fingerprint density at radius 1 is 1.33 bits per heavy atom. The van der Waals surface area contributed by atoms with Crippen molar-refractivity contribution in [3.8, 4) is 11.6 Å². The number of aromatic nitrogens is 2. The largest absolute Gasteiger partial charge is 0.437 e. The third-order valence-corrected chi connectivity index (χ3v) is 3.34. The standard InChI is InChI=1S/C12H11Cl3N2O/c1-7-9(6-13)12(17(2)16-7)18-11-5-8(14)3-4-10(11)15/h3-5H,6H2,1-2H3. The van der Waals surface area contributed by atoms with Crippen molar-refractivity contribution in [1.29, 1.82) is 0 Å². The number of benzene rings is 1. The lowest BCUT2D eigenvalue weighted by Gasteiger charge is -2.09. The highest BCUT2D eigenvalue weighted by Crippen LogP contribution is 2.34. The predicted molar refractivity (Wildman–Crippen MR) is 74.0 cm³/mol. The van der Waals surface area contributed by atoms with E-state index in [2.05, 4.69) is 5.10 Å². The summed E-state index contributed by atoms with van der Waals surface area (Å²) in [5.41, 5.74) is 1.68. The summed E-state index contributed by atoms with van der Waals surface area (Å²) in [4.78, 5) is 0. The van der Waals surface area contributed by atoms with Gasteiger partial charge in [-0.05, 0) is 19.1 Å². The van der Waals surface area contributed by atoms with Crippen LogP contribution >= 0.6 is 34.8 Å². The van der Waals surface area contributed by atoms with E-state index in [-0.39, 0.29) is 0 Å². The lowest BCUT2D eigenvalue weighted by Crippen LogP contribution is -1.97. The molecule has 0 saturated heterocycles.